The lowest BCUT2D eigenvalue weighted by molar-refractivity contribution is 0.102. The van der Waals surface area contributed by atoms with Crippen LogP contribution in [0.3, 0.4) is 0 Å². The van der Waals surface area contributed by atoms with E-state index in [1.165, 1.54) is 24.3 Å². The number of carbonyl (C=O) groups is 1. The zero-order valence-electron chi connectivity index (χ0n) is 13.7. The van der Waals surface area contributed by atoms with E-state index < -0.39 is 0 Å². The molecule has 0 fully saturated rings. The molecule has 8 heteroatoms. The largest absolute Gasteiger partial charge is 0.289 e. The zero-order chi connectivity index (χ0) is 17.4. The number of carbonyl (C=O) groups excluding carboxylic acids is 1. The Kier molecular flexibility index (Phi) is 3.79. The van der Waals surface area contributed by atoms with Crippen LogP contribution in [0.4, 0.5) is 10.3 Å². The predicted molar refractivity (Wildman–Crippen MR) is 88.7 cm³/mol. The van der Waals surface area contributed by atoms with Crippen molar-refractivity contribution in [1.82, 2.24) is 24.5 Å². The second-order valence-electron chi connectivity index (χ2n) is 6.11. The molecule has 1 N–H and O–H groups in total. The van der Waals surface area contributed by atoms with Gasteiger partial charge in [-0.3, -0.25) is 14.8 Å². The van der Waals surface area contributed by atoms with Crippen molar-refractivity contribution >= 4 is 11.9 Å². The number of aromatic nitrogens is 5. The number of hydrogen-bond acceptors (Lipinski definition) is 4. The number of benzene rings is 1. The standard InChI is InChI=1S/C17H17FN6O/c1-23-10-12(9-19-23)14-3-2-4-15-20-17(22-24(14)15)21-16(25)11-5-7-13(18)8-6-11/h5-10,14H,2-4H2,1H3,(H,21,22,25). The van der Waals surface area contributed by atoms with Crippen LogP contribution in [0, 0.1) is 5.82 Å². The molecule has 4 rings (SSSR count). The van der Waals surface area contributed by atoms with Gasteiger partial charge in [-0.15, -0.1) is 5.10 Å². The van der Waals surface area contributed by atoms with E-state index in [0.717, 1.165) is 30.7 Å². The summed E-state index contributed by atoms with van der Waals surface area (Å²) in [7, 11) is 1.88. The summed E-state index contributed by atoms with van der Waals surface area (Å²) in [6, 6.07) is 5.43. The molecule has 0 radical (unpaired) electrons. The lowest BCUT2D eigenvalue weighted by Crippen LogP contribution is -2.20. The molecular weight excluding hydrogens is 323 g/mol. The van der Waals surface area contributed by atoms with Crippen LogP contribution >= 0.6 is 0 Å². The topological polar surface area (TPSA) is 77.6 Å². The van der Waals surface area contributed by atoms with Gasteiger partial charge < -0.3 is 0 Å². The molecule has 1 aliphatic rings. The first-order valence-corrected chi connectivity index (χ1v) is 8.11. The number of nitrogens with one attached hydrogen (secondary N) is 1. The van der Waals surface area contributed by atoms with Crippen LogP contribution in [0.15, 0.2) is 36.7 Å². The molecule has 0 bridgehead atoms. The van der Waals surface area contributed by atoms with E-state index in [9.17, 15) is 9.18 Å². The van der Waals surface area contributed by atoms with Gasteiger partial charge in [0.15, 0.2) is 0 Å². The molecule has 25 heavy (non-hydrogen) atoms. The molecule has 7 nitrogen and oxygen atoms in total. The van der Waals surface area contributed by atoms with Gasteiger partial charge in [-0.05, 0) is 37.1 Å². The van der Waals surface area contributed by atoms with Gasteiger partial charge in [-0.25, -0.2) is 9.07 Å². The predicted octanol–water partition coefficient (Wildman–Crippen LogP) is 2.33. The molecule has 0 saturated carbocycles. The third kappa shape index (κ3) is 3.02. The van der Waals surface area contributed by atoms with Crippen LogP contribution in [0.1, 0.15) is 40.6 Å². The molecule has 0 spiro atoms. The molecule has 3 heterocycles. The Labute approximate surface area is 143 Å². The third-order valence-corrected chi connectivity index (χ3v) is 4.32. The minimum Gasteiger partial charge on any atom is -0.289 e. The van der Waals surface area contributed by atoms with E-state index in [4.69, 9.17) is 0 Å². The number of amides is 1. The molecule has 128 valence electrons. The molecule has 1 amide bonds. The quantitative estimate of drug-likeness (QED) is 0.794. The van der Waals surface area contributed by atoms with Crippen molar-refractivity contribution in [1.29, 1.82) is 0 Å². The first-order valence-electron chi connectivity index (χ1n) is 8.11. The Balaban J connectivity index is 1.58. The highest BCUT2D eigenvalue weighted by Gasteiger charge is 2.26. The Bertz CT molecular complexity index is 914. The van der Waals surface area contributed by atoms with Gasteiger partial charge in [0.2, 0.25) is 5.95 Å². The van der Waals surface area contributed by atoms with Crippen LogP contribution in [0.5, 0.6) is 0 Å². The SMILES string of the molecule is Cn1cc(C2CCCc3nc(NC(=O)c4ccc(F)cc4)nn32)cn1. The molecule has 1 atom stereocenters. The maximum Gasteiger partial charge on any atom is 0.258 e. The summed E-state index contributed by atoms with van der Waals surface area (Å²) in [5.74, 6) is 0.363. The number of nitrogens with zero attached hydrogens (tertiary/aromatic N) is 5. The van der Waals surface area contributed by atoms with E-state index in [1.807, 2.05) is 24.1 Å². The minimum atomic E-state index is -0.383. The number of fused-ring (bicyclic) bond motifs is 1. The number of halogens is 1. The molecule has 0 aliphatic carbocycles. The first-order chi connectivity index (χ1) is 12.1. The smallest absolute Gasteiger partial charge is 0.258 e. The third-order valence-electron chi connectivity index (χ3n) is 4.32. The first kappa shape index (κ1) is 15.5. The Morgan fingerprint density at radius 2 is 2.12 bits per heavy atom. The van der Waals surface area contributed by atoms with E-state index in [2.05, 4.69) is 20.5 Å². The second-order valence-corrected chi connectivity index (χ2v) is 6.11. The van der Waals surface area contributed by atoms with Crippen LogP contribution in [0.2, 0.25) is 0 Å². The molecule has 1 aromatic carbocycles. The lowest BCUT2D eigenvalue weighted by atomic mass is 10.0. The highest BCUT2D eigenvalue weighted by molar-refractivity contribution is 6.03. The Morgan fingerprint density at radius 1 is 1.32 bits per heavy atom. The lowest BCUT2D eigenvalue weighted by Gasteiger charge is -2.22. The van der Waals surface area contributed by atoms with Gasteiger partial charge in [0.1, 0.15) is 11.6 Å². The summed E-state index contributed by atoms with van der Waals surface area (Å²) in [5.41, 5.74) is 1.43. The van der Waals surface area contributed by atoms with Gasteiger partial charge in [-0.1, -0.05) is 0 Å². The molecule has 1 unspecified atom stereocenters. The number of hydrogen-bond donors (Lipinski definition) is 1. The van der Waals surface area contributed by atoms with Crippen LogP contribution in [0.25, 0.3) is 0 Å². The summed E-state index contributed by atoms with van der Waals surface area (Å²) in [6.07, 6.45) is 6.57. The monoisotopic (exact) mass is 340 g/mol. The van der Waals surface area contributed by atoms with Crippen molar-refractivity contribution in [2.75, 3.05) is 5.32 Å². The zero-order valence-corrected chi connectivity index (χ0v) is 13.7. The fourth-order valence-electron chi connectivity index (χ4n) is 3.10. The van der Waals surface area contributed by atoms with Crippen LogP contribution in [-0.4, -0.2) is 30.5 Å². The van der Waals surface area contributed by atoms with Crippen molar-refractivity contribution in [2.45, 2.75) is 25.3 Å². The van der Waals surface area contributed by atoms with Crippen molar-refractivity contribution in [3.63, 3.8) is 0 Å². The maximum atomic E-state index is 13.0. The summed E-state index contributed by atoms with van der Waals surface area (Å²) < 4.78 is 16.6. The van der Waals surface area contributed by atoms with Crippen LogP contribution < -0.4 is 5.32 Å². The van der Waals surface area contributed by atoms with Crippen molar-refractivity contribution in [3.8, 4) is 0 Å². The van der Waals surface area contributed by atoms with Gasteiger partial charge in [0, 0.05) is 30.8 Å². The highest BCUT2D eigenvalue weighted by atomic mass is 19.1. The molecular formula is C17H17FN6O. The average Bonchev–Trinajstić information content (AvgIpc) is 3.20. The number of aryl methyl sites for hydroxylation is 2. The summed E-state index contributed by atoms with van der Waals surface area (Å²) in [6.45, 7) is 0. The van der Waals surface area contributed by atoms with E-state index >= 15 is 0 Å². The van der Waals surface area contributed by atoms with Crippen molar-refractivity contribution < 1.29 is 9.18 Å². The molecule has 1 aliphatic heterocycles. The Hall–Kier alpha value is -3.03. The maximum absolute atomic E-state index is 13.0. The molecule has 2 aromatic heterocycles. The highest BCUT2D eigenvalue weighted by Crippen LogP contribution is 2.29. The van der Waals surface area contributed by atoms with Crippen molar-refractivity contribution in [2.24, 2.45) is 7.05 Å². The molecule has 3 aromatic rings. The van der Waals surface area contributed by atoms with Gasteiger partial charge >= 0.3 is 0 Å². The van der Waals surface area contributed by atoms with E-state index in [-0.39, 0.29) is 23.7 Å². The number of rotatable bonds is 3. The average molecular weight is 340 g/mol. The number of anilines is 1. The van der Waals surface area contributed by atoms with E-state index in [1.54, 1.807) is 4.68 Å². The fourth-order valence-corrected chi connectivity index (χ4v) is 3.10. The second kappa shape index (κ2) is 6.12. The minimum absolute atomic E-state index is 0.0708. The van der Waals surface area contributed by atoms with Crippen molar-refractivity contribution in [3.05, 3.63) is 59.4 Å². The van der Waals surface area contributed by atoms with E-state index in [0.29, 0.717) is 5.56 Å². The summed E-state index contributed by atoms with van der Waals surface area (Å²) in [4.78, 5) is 16.7. The Morgan fingerprint density at radius 3 is 2.84 bits per heavy atom. The summed E-state index contributed by atoms with van der Waals surface area (Å²) >= 11 is 0. The summed E-state index contributed by atoms with van der Waals surface area (Å²) in [5, 5.41) is 11.4. The normalized spacial score (nSPS) is 16.5. The van der Waals surface area contributed by atoms with Gasteiger partial charge in [0.25, 0.3) is 5.91 Å². The van der Waals surface area contributed by atoms with Crippen LogP contribution in [-0.2, 0) is 13.5 Å². The fraction of sp³-hybridized carbons (Fsp3) is 0.294. The van der Waals surface area contributed by atoms with Gasteiger partial charge in [0.05, 0.1) is 12.2 Å². The molecule has 0 saturated heterocycles. The van der Waals surface area contributed by atoms with Gasteiger partial charge in [-0.2, -0.15) is 10.1 Å².